The van der Waals surface area contributed by atoms with Gasteiger partial charge >= 0.3 is 5.97 Å². The summed E-state index contributed by atoms with van der Waals surface area (Å²) in [6.45, 7) is 2.21. The fraction of sp³-hybridized carbons (Fsp3) is 0.933. The van der Waals surface area contributed by atoms with E-state index < -0.39 is 11.4 Å². The van der Waals surface area contributed by atoms with E-state index in [0.29, 0.717) is 31.0 Å². The molecule has 114 valence electrons. The third-order valence-electron chi connectivity index (χ3n) is 3.86. The van der Waals surface area contributed by atoms with E-state index in [0.717, 1.165) is 12.8 Å². The van der Waals surface area contributed by atoms with Crippen LogP contribution in [0.15, 0.2) is 0 Å². The molecule has 0 aromatic carbocycles. The molecule has 0 aliphatic carbocycles. The summed E-state index contributed by atoms with van der Waals surface area (Å²) in [4.78, 5) is 11.5. The number of halogens is 2. The number of carbonyl (C=O) groups is 1. The van der Waals surface area contributed by atoms with Crippen molar-refractivity contribution in [3.05, 3.63) is 0 Å². The summed E-state index contributed by atoms with van der Waals surface area (Å²) >= 11 is 11.5. The third kappa shape index (κ3) is 8.04. The molecular weight excluding hydrogens is 283 g/mol. The van der Waals surface area contributed by atoms with Crippen molar-refractivity contribution in [1.29, 1.82) is 0 Å². The third-order valence-corrected chi connectivity index (χ3v) is 4.24. The number of unbranched alkanes of at least 4 members (excludes halogenated alkanes) is 6. The average Bonchev–Trinajstić information content (AvgIpc) is 2.37. The van der Waals surface area contributed by atoms with Gasteiger partial charge in [0.2, 0.25) is 0 Å². The maximum atomic E-state index is 11.5. The molecule has 0 fully saturated rings. The first kappa shape index (κ1) is 19.1. The Labute approximate surface area is 127 Å². The second-order valence-electron chi connectivity index (χ2n) is 5.33. The number of carboxylic acids is 1. The second-order valence-corrected chi connectivity index (χ2v) is 6.09. The van der Waals surface area contributed by atoms with Crippen LogP contribution in [0.5, 0.6) is 0 Å². The number of alkyl halides is 2. The van der Waals surface area contributed by atoms with Crippen molar-refractivity contribution in [3.8, 4) is 0 Å². The van der Waals surface area contributed by atoms with Crippen LogP contribution in [-0.2, 0) is 4.79 Å². The fourth-order valence-corrected chi connectivity index (χ4v) is 3.20. The molecule has 0 aromatic heterocycles. The number of hydrogen-bond donors (Lipinski definition) is 1. The Hall–Kier alpha value is 0.0500. The van der Waals surface area contributed by atoms with E-state index in [1.54, 1.807) is 0 Å². The van der Waals surface area contributed by atoms with Crippen LogP contribution >= 0.6 is 23.2 Å². The van der Waals surface area contributed by atoms with Gasteiger partial charge in [-0.2, -0.15) is 0 Å². The van der Waals surface area contributed by atoms with Crippen molar-refractivity contribution in [1.82, 2.24) is 0 Å². The molecule has 4 heteroatoms. The number of aliphatic carboxylic acids is 1. The van der Waals surface area contributed by atoms with Crippen LogP contribution in [0.4, 0.5) is 0 Å². The smallest absolute Gasteiger partial charge is 0.309 e. The lowest BCUT2D eigenvalue weighted by Gasteiger charge is -2.28. The highest BCUT2D eigenvalue weighted by Gasteiger charge is 2.36. The summed E-state index contributed by atoms with van der Waals surface area (Å²) in [6, 6.07) is 0. The fourth-order valence-electron chi connectivity index (χ4n) is 2.48. The highest BCUT2D eigenvalue weighted by molar-refractivity contribution is 6.18. The van der Waals surface area contributed by atoms with Crippen molar-refractivity contribution in [2.45, 2.75) is 71.1 Å². The van der Waals surface area contributed by atoms with Crippen LogP contribution in [-0.4, -0.2) is 22.8 Å². The molecule has 2 nitrogen and oxygen atoms in total. The van der Waals surface area contributed by atoms with Crippen LogP contribution in [0.25, 0.3) is 0 Å². The standard InChI is InChI=1S/C15H28Cl2O2/c1-2-3-4-5-6-7-8-9-15(10-12-16,11-13-17)14(18)19/h2-13H2,1H3,(H,18,19). The van der Waals surface area contributed by atoms with Gasteiger partial charge in [-0.1, -0.05) is 51.9 Å². The molecule has 0 radical (unpaired) electrons. The van der Waals surface area contributed by atoms with Crippen LogP contribution in [0.2, 0.25) is 0 Å². The molecule has 0 rings (SSSR count). The predicted molar refractivity (Wildman–Crippen MR) is 83.4 cm³/mol. The van der Waals surface area contributed by atoms with Crippen LogP contribution < -0.4 is 0 Å². The predicted octanol–water partition coefficient (Wildman–Crippen LogP) is 5.46. The molecule has 0 aromatic rings. The first-order valence-corrected chi connectivity index (χ1v) is 8.55. The molecule has 0 saturated carbocycles. The first-order chi connectivity index (χ1) is 9.13. The summed E-state index contributed by atoms with van der Waals surface area (Å²) < 4.78 is 0. The highest BCUT2D eigenvalue weighted by atomic mass is 35.5. The SMILES string of the molecule is CCCCCCCCCC(CCCl)(CCCl)C(=O)O. The van der Waals surface area contributed by atoms with Gasteiger partial charge in [-0.3, -0.25) is 4.79 Å². The van der Waals surface area contributed by atoms with Crippen LogP contribution in [0.3, 0.4) is 0 Å². The molecule has 0 saturated heterocycles. The van der Waals surface area contributed by atoms with Gasteiger partial charge < -0.3 is 5.11 Å². The van der Waals surface area contributed by atoms with Crippen molar-refractivity contribution >= 4 is 29.2 Å². The van der Waals surface area contributed by atoms with Gasteiger partial charge in [0, 0.05) is 11.8 Å². The van der Waals surface area contributed by atoms with E-state index in [2.05, 4.69) is 6.92 Å². The van der Waals surface area contributed by atoms with Gasteiger partial charge in [-0.15, -0.1) is 23.2 Å². The minimum absolute atomic E-state index is 0.389. The van der Waals surface area contributed by atoms with Gasteiger partial charge in [0.25, 0.3) is 0 Å². The highest BCUT2D eigenvalue weighted by Crippen LogP contribution is 2.34. The molecule has 19 heavy (non-hydrogen) atoms. The Bertz CT molecular complexity index is 226. The van der Waals surface area contributed by atoms with Crippen molar-refractivity contribution in [2.75, 3.05) is 11.8 Å². The Morgan fingerprint density at radius 2 is 1.37 bits per heavy atom. The van der Waals surface area contributed by atoms with Gasteiger partial charge in [-0.25, -0.2) is 0 Å². The molecule has 1 N–H and O–H groups in total. The van der Waals surface area contributed by atoms with Crippen molar-refractivity contribution in [2.24, 2.45) is 5.41 Å². The van der Waals surface area contributed by atoms with Gasteiger partial charge in [0.15, 0.2) is 0 Å². The number of hydrogen-bond acceptors (Lipinski definition) is 1. The summed E-state index contributed by atoms with van der Waals surface area (Å²) in [7, 11) is 0. The van der Waals surface area contributed by atoms with Crippen molar-refractivity contribution < 1.29 is 9.90 Å². The lowest BCUT2D eigenvalue weighted by molar-refractivity contribution is -0.150. The summed E-state index contributed by atoms with van der Waals surface area (Å²) in [5.41, 5.74) is -0.701. The van der Waals surface area contributed by atoms with E-state index in [1.165, 1.54) is 32.1 Å². The Morgan fingerprint density at radius 3 is 1.79 bits per heavy atom. The zero-order valence-corrected chi connectivity index (χ0v) is 13.6. The van der Waals surface area contributed by atoms with Crippen LogP contribution in [0, 0.1) is 5.41 Å². The van der Waals surface area contributed by atoms with E-state index in [-0.39, 0.29) is 0 Å². The number of rotatable bonds is 13. The molecule has 0 heterocycles. The zero-order chi connectivity index (χ0) is 14.6. The van der Waals surface area contributed by atoms with E-state index in [4.69, 9.17) is 23.2 Å². The summed E-state index contributed by atoms with van der Waals surface area (Å²) in [5, 5.41) is 9.44. The second kappa shape index (κ2) is 11.8. The monoisotopic (exact) mass is 310 g/mol. The van der Waals surface area contributed by atoms with E-state index in [1.807, 2.05) is 0 Å². The van der Waals surface area contributed by atoms with Gasteiger partial charge in [0.1, 0.15) is 0 Å². The van der Waals surface area contributed by atoms with Gasteiger partial charge in [0.05, 0.1) is 5.41 Å². The van der Waals surface area contributed by atoms with Crippen LogP contribution in [0.1, 0.15) is 71.1 Å². The lowest BCUT2D eigenvalue weighted by atomic mass is 9.77. The summed E-state index contributed by atoms with van der Waals surface area (Å²) in [5.74, 6) is 0.0408. The molecule has 0 amide bonds. The quantitative estimate of drug-likeness (QED) is 0.362. The van der Waals surface area contributed by atoms with E-state index >= 15 is 0 Å². The Morgan fingerprint density at radius 1 is 0.895 bits per heavy atom. The zero-order valence-electron chi connectivity index (χ0n) is 12.1. The largest absolute Gasteiger partial charge is 0.481 e. The normalized spacial score (nSPS) is 11.7. The molecule has 0 atom stereocenters. The molecular formula is C15H28Cl2O2. The average molecular weight is 311 g/mol. The Kier molecular flexibility index (Phi) is 11.9. The maximum Gasteiger partial charge on any atom is 0.309 e. The Balaban J connectivity index is 4.01. The topological polar surface area (TPSA) is 37.3 Å². The molecule has 0 bridgehead atoms. The van der Waals surface area contributed by atoms with E-state index in [9.17, 15) is 9.90 Å². The number of carboxylic acid groups (broad SMARTS) is 1. The molecule has 0 aliphatic rings. The lowest BCUT2D eigenvalue weighted by Crippen LogP contribution is -2.32. The summed E-state index contributed by atoms with van der Waals surface area (Å²) in [6.07, 6.45) is 10.1. The minimum atomic E-state index is -0.736. The van der Waals surface area contributed by atoms with Gasteiger partial charge in [-0.05, 0) is 19.3 Å². The molecule has 0 unspecified atom stereocenters. The minimum Gasteiger partial charge on any atom is -0.481 e. The molecule has 0 aliphatic heterocycles. The first-order valence-electron chi connectivity index (χ1n) is 7.48. The van der Waals surface area contributed by atoms with Crippen molar-refractivity contribution in [3.63, 3.8) is 0 Å². The maximum absolute atomic E-state index is 11.5. The molecule has 0 spiro atoms.